The summed E-state index contributed by atoms with van der Waals surface area (Å²) in [5, 5.41) is 13.3. The Hall–Kier alpha value is -1.46. The van der Waals surface area contributed by atoms with E-state index in [2.05, 4.69) is 5.32 Å². The predicted octanol–water partition coefficient (Wildman–Crippen LogP) is 4.83. The third kappa shape index (κ3) is 6.36. The van der Waals surface area contributed by atoms with E-state index in [-0.39, 0.29) is 6.61 Å². The van der Waals surface area contributed by atoms with Gasteiger partial charge in [-0.25, -0.2) is 0 Å². The van der Waals surface area contributed by atoms with Crippen molar-refractivity contribution in [1.82, 2.24) is 5.32 Å². The van der Waals surface area contributed by atoms with E-state index in [1.54, 1.807) is 19.2 Å². The number of nitrogens with one attached hydrogen (secondary N) is 1. The smallest absolute Gasteiger partial charge is 0.166 e. The highest BCUT2D eigenvalue weighted by Crippen LogP contribution is 2.32. The maximum atomic E-state index is 8.81. The van der Waals surface area contributed by atoms with Crippen LogP contribution in [0, 0.1) is 0 Å². The first-order chi connectivity index (χ1) is 12.7. The molecule has 26 heavy (non-hydrogen) atoms. The van der Waals surface area contributed by atoms with Crippen LogP contribution >= 0.6 is 23.2 Å². The second kappa shape index (κ2) is 11.3. The second-order valence-electron chi connectivity index (χ2n) is 5.95. The number of unbranched alkanes of at least 4 members (excludes halogenated alkanes) is 2. The molecule has 2 N–H and O–H groups in total. The van der Waals surface area contributed by atoms with E-state index in [1.165, 1.54) is 0 Å². The SMILES string of the molecule is COc1cccc(CNCCCCCO)c1OCc1ccc(Cl)c(Cl)c1. The average Bonchev–Trinajstić information content (AvgIpc) is 2.65. The molecule has 0 radical (unpaired) electrons. The summed E-state index contributed by atoms with van der Waals surface area (Å²) in [6.45, 7) is 2.21. The van der Waals surface area contributed by atoms with E-state index in [1.807, 2.05) is 24.3 Å². The molecule has 0 saturated carbocycles. The molecule has 0 saturated heterocycles. The Bertz CT molecular complexity index is 695. The van der Waals surface area contributed by atoms with Gasteiger partial charge in [0, 0.05) is 18.7 Å². The molecule has 0 aliphatic rings. The van der Waals surface area contributed by atoms with Crippen LogP contribution in [-0.4, -0.2) is 25.4 Å². The Morgan fingerprint density at radius 2 is 1.88 bits per heavy atom. The van der Waals surface area contributed by atoms with Crippen LogP contribution in [-0.2, 0) is 13.2 Å². The van der Waals surface area contributed by atoms with Gasteiger partial charge in [-0.3, -0.25) is 0 Å². The first-order valence-corrected chi connectivity index (χ1v) is 9.45. The average molecular weight is 398 g/mol. The van der Waals surface area contributed by atoms with Gasteiger partial charge in [0.25, 0.3) is 0 Å². The molecule has 2 aromatic rings. The van der Waals surface area contributed by atoms with E-state index in [0.29, 0.717) is 28.9 Å². The summed E-state index contributed by atoms with van der Waals surface area (Å²) in [5.74, 6) is 1.42. The second-order valence-corrected chi connectivity index (χ2v) is 6.76. The van der Waals surface area contributed by atoms with E-state index in [4.69, 9.17) is 37.8 Å². The van der Waals surface area contributed by atoms with Crippen LogP contribution in [0.5, 0.6) is 11.5 Å². The molecule has 0 aromatic heterocycles. The molecule has 0 amide bonds. The molecule has 2 aromatic carbocycles. The number of hydrogen-bond acceptors (Lipinski definition) is 4. The van der Waals surface area contributed by atoms with Crippen molar-refractivity contribution in [1.29, 1.82) is 0 Å². The van der Waals surface area contributed by atoms with Crippen LogP contribution in [0.4, 0.5) is 0 Å². The van der Waals surface area contributed by atoms with E-state index >= 15 is 0 Å². The minimum Gasteiger partial charge on any atom is -0.493 e. The first-order valence-electron chi connectivity index (χ1n) is 8.70. The molecular formula is C20H25Cl2NO3. The number of para-hydroxylation sites is 1. The molecule has 142 valence electrons. The normalized spacial score (nSPS) is 10.8. The number of ether oxygens (including phenoxy) is 2. The molecule has 0 unspecified atom stereocenters. The van der Waals surface area contributed by atoms with Crippen LogP contribution < -0.4 is 14.8 Å². The number of benzene rings is 2. The Balaban J connectivity index is 1.99. The minimum atomic E-state index is 0.253. The minimum absolute atomic E-state index is 0.253. The van der Waals surface area contributed by atoms with Crippen molar-refractivity contribution < 1.29 is 14.6 Å². The lowest BCUT2D eigenvalue weighted by atomic mass is 10.1. The first kappa shape index (κ1) is 20.8. The molecule has 0 aliphatic carbocycles. The van der Waals surface area contributed by atoms with Gasteiger partial charge in [-0.05, 0) is 49.6 Å². The Morgan fingerprint density at radius 1 is 1.04 bits per heavy atom. The lowest BCUT2D eigenvalue weighted by Gasteiger charge is -2.16. The summed E-state index contributed by atoms with van der Waals surface area (Å²) in [4.78, 5) is 0. The highest BCUT2D eigenvalue weighted by atomic mass is 35.5. The van der Waals surface area contributed by atoms with E-state index < -0.39 is 0 Å². The highest BCUT2D eigenvalue weighted by molar-refractivity contribution is 6.42. The molecule has 2 rings (SSSR count). The number of methoxy groups -OCH3 is 1. The van der Waals surface area contributed by atoms with E-state index in [0.717, 1.165) is 42.7 Å². The summed E-state index contributed by atoms with van der Waals surface area (Å²) in [6, 6.07) is 11.3. The van der Waals surface area contributed by atoms with Gasteiger partial charge in [-0.15, -0.1) is 0 Å². The van der Waals surface area contributed by atoms with Crippen molar-refractivity contribution in [3.05, 3.63) is 57.6 Å². The van der Waals surface area contributed by atoms with Crippen molar-refractivity contribution in [2.45, 2.75) is 32.4 Å². The molecule has 0 heterocycles. The monoisotopic (exact) mass is 397 g/mol. The maximum absolute atomic E-state index is 8.81. The van der Waals surface area contributed by atoms with Crippen molar-refractivity contribution in [3.63, 3.8) is 0 Å². The van der Waals surface area contributed by atoms with Gasteiger partial charge in [-0.1, -0.05) is 41.4 Å². The third-order valence-corrected chi connectivity index (χ3v) is 4.71. The van der Waals surface area contributed by atoms with Gasteiger partial charge >= 0.3 is 0 Å². The fourth-order valence-electron chi connectivity index (χ4n) is 2.57. The molecule has 6 heteroatoms. The van der Waals surface area contributed by atoms with E-state index in [9.17, 15) is 0 Å². The number of rotatable bonds is 11. The van der Waals surface area contributed by atoms with Gasteiger partial charge in [0.15, 0.2) is 11.5 Å². The fraction of sp³-hybridized carbons (Fsp3) is 0.400. The highest BCUT2D eigenvalue weighted by Gasteiger charge is 2.11. The molecule has 0 aliphatic heterocycles. The summed E-state index contributed by atoms with van der Waals surface area (Å²) in [7, 11) is 1.63. The van der Waals surface area contributed by atoms with Crippen molar-refractivity contribution in [2.24, 2.45) is 0 Å². The maximum Gasteiger partial charge on any atom is 0.166 e. The summed E-state index contributed by atoms with van der Waals surface area (Å²) in [5.41, 5.74) is 1.97. The fourth-order valence-corrected chi connectivity index (χ4v) is 2.89. The van der Waals surface area contributed by atoms with Crippen LogP contribution in [0.1, 0.15) is 30.4 Å². The van der Waals surface area contributed by atoms with Gasteiger partial charge in [-0.2, -0.15) is 0 Å². The number of aliphatic hydroxyl groups excluding tert-OH is 1. The molecule has 0 bridgehead atoms. The summed E-state index contributed by atoms with van der Waals surface area (Å²) in [6.07, 6.45) is 2.89. The topological polar surface area (TPSA) is 50.7 Å². The van der Waals surface area contributed by atoms with Crippen LogP contribution in [0.25, 0.3) is 0 Å². The van der Waals surface area contributed by atoms with Gasteiger partial charge in [0.05, 0.1) is 17.2 Å². The zero-order chi connectivity index (χ0) is 18.8. The Labute approximate surface area is 165 Å². The molecule has 0 atom stereocenters. The Kier molecular flexibility index (Phi) is 9.06. The van der Waals surface area contributed by atoms with Crippen LogP contribution in [0.2, 0.25) is 10.0 Å². The molecule has 4 nitrogen and oxygen atoms in total. The van der Waals surface area contributed by atoms with Crippen LogP contribution in [0.3, 0.4) is 0 Å². The van der Waals surface area contributed by atoms with Gasteiger partial charge in [0.2, 0.25) is 0 Å². The van der Waals surface area contributed by atoms with Crippen molar-refractivity contribution in [3.8, 4) is 11.5 Å². The predicted molar refractivity (Wildman–Crippen MR) is 106 cm³/mol. The zero-order valence-electron chi connectivity index (χ0n) is 14.9. The summed E-state index contributed by atoms with van der Waals surface area (Å²) < 4.78 is 11.5. The third-order valence-electron chi connectivity index (χ3n) is 3.97. The largest absolute Gasteiger partial charge is 0.493 e. The number of aliphatic hydroxyl groups is 1. The van der Waals surface area contributed by atoms with Crippen molar-refractivity contribution >= 4 is 23.2 Å². The number of hydrogen-bond donors (Lipinski definition) is 2. The lowest BCUT2D eigenvalue weighted by Crippen LogP contribution is -2.16. The van der Waals surface area contributed by atoms with Crippen LogP contribution in [0.15, 0.2) is 36.4 Å². The zero-order valence-corrected chi connectivity index (χ0v) is 16.4. The quantitative estimate of drug-likeness (QED) is 0.532. The van der Waals surface area contributed by atoms with Gasteiger partial charge in [0.1, 0.15) is 6.61 Å². The Morgan fingerprint density at radius 3 is 2.62 bits per heavy atom. The van der Waals surface area contributed by atoms with Crippen molar-refractivity contribution in [2.75, 3.05) is 20.3 Å². The lowest BCUT2D eigenvalue weighted by molar-refractivity contribution is 0.279. The number of halogens is 2. The molecule has 0 fully saturated rings. The summed E-state index contributed by atoms with van der Waals surface area (Å²) >= 11 is 12.0. The molecule has 0 spiro atoms. The standard InChI is InChI=1S/C20H25Cl2NO3/c1-25-19-7-5-6-16(13-23-10-3-2-4-11-24)20(19)26-14-15-8-9-17(21)18(22)12-15/h5-9,12,23-24H,2-4,10-11,13-14H2,1H3. The molecular weight excluding hydrogens is 373 g/mol. The van der Waals surface area contributed by atoms with Gasteiger partial charge < -0.3 is 19.9 Å².